The molecule has 0 bridgehead atoms. The summed E-state index contributed by atoms with van der Waals surface area (Å²) in [5.74, 6) is 0.155. The lowest BCUT2D eigenvalue weighted by atomic mass is 10.4. The van der Waals surface area contributed by atoms with Crippen LogP contribution in [0.5, 0.6) is 0 Å². The van der Waals surface area contributed by atoms with Crippen molar-refractivity contribution in [3.8, 4) is 6.07 Å². The highest BCUT2D eigenvalue weighted by Crippen LogP contribution is 2.04. The van der Waals surface area contributed by atoms with Gasteiger partial charge < -0.3 is 10.5 Å². The highest BCUT2D eigenvalue weighted by atomic mass is 16.5. The molecule has 1 aromatic heterocycles. The summed E-state index contributed by atoms with van der Waals surface area (Å²) < 4.78 is 5.11. The molecule has 0 aliphatic heterocycles. The van der Waals surface area contributed by atoms with Gasteiger partial charge in [-0.3, -0.25) is 0 Å². The van der Waals surface area contributed by atoms with Crippen LogP contribution in [-0.2, 0) is 11.3 Å². The van der Waals surface area contributed by atoms with E-state index in [2.05, 4.69) is 9.97 Å². The van der Waals surface area contributed by atoms with Crippen LogP contribution in [0.4, 0.5) is 5.82 Å². The van der Waals surface area contributed by atoms with E-state index in [1.807, 2.05) is 13.0 Å². The van der Waals surface area contributed by atoms with Gasteiger partial charge in [-0.05, 0) is 6.92 Å². The second-order valence-corrected chi connectivity index (χ2v) is 2.34. The summed E-state index contributed by atoms with van der Waals surface area (Å²) >= 11 is 0. The Balaban J connectivity index is 2.82. The molecule has 0 saturated carbocycles. The molecule has 68 valence electrons. The third-order valence-corrected chi connectivity index (χ3v) is 1.41. The van der Waals surface area contributed by atoms with Crippen LogP contribution >= 0.6 is 0 Å². The Hall–Kier alpha value is -1.67. The Labute approximate surface area is 76.2 Å². The third kappa shape index (κ3) is 2.39. The number of aromatic nitrogens is 2. The average molecular weight is 178 g/mol. The smallest absolute Gasteiger partial charge is 0.183 e. The van der Waals surface area contributed by atoms with Gasteiger partial charge in [0.05, 0.1) is 18.5 Å². The summed E-state index contributed by atoms with van der Waals surface area (Å²) in [6.07, 6.45) is 1.51. The highest BCUT2D eigenvalue weighted by Gasteiger charge is 2.02. The molecule has 5 heteroatoms. The van der Waals surface area contributed by atoms with Gasteiger partial charge in [0.1, 0.15) is 6.07 Å². The molecule has 1 heterocycles. The molecule has 0 aliphatic carbocycles. The van der Waals surface area contributed by atoms with E-state index in [1.165, 1.54) is 6.20 Å². The Morgan fingerprint density at radius 1 is 1.69 bits per heavy atom. The van der Waals surface area contributed by atoms with Gasteiger partial charge >= 0.3 is 0 Å². The number of hydrogen-bond donors (Lipinski definition) is 1. The van der Waals surface area contributed by atoms with Crippen LogP contribution < -0.4 is 5.73 Å². The van der Waals surface area contributed by atoms with Gasteiger partial charge in [0.2, 0.25) is 0 Å². The maximum atomic E-state index is 8.59. The standard InChI is InChI=1S/C8H10N4O/c1-2-13-5-6-4-11-8(10)7(3-9)12-6/h4H,2,5H2,1H3,(H2,10,11). The summed E-state index contributed by atoms with van der Waals surface area (Å²) in [4.78, 5) is 7.77. The van der Waals surface area contributed by atoms with Crippen molar-refractivity contribution in [1.29, 1.82) is 5.26 Å². The maximum absolute atomic E-state index is 8.59. The van der Waals surface area contributed by atoms with Crippen LogP contribution in [0, 0.1) is 11.3 Å². The summed E-state index contributed by atoms with van der Waals surface area (Å²) in [5, 5.41) is 8.59. The summed E-state index contributed by atoms with van der Waals surface area (Å²) in [5.41, 5.74) is 6.16. The Morgan fingerprint density at radius 2 is 2.46 bits per heavy atom. The van der Waals surface area contributed by atoms with E-state index in [4.69, 9.17) is 15.7 Å². The van der Waals surface area contributed by atoms with Gasteiger partial charge in [0.25, 0.3) is 0 Å². The molecule has 13 heavy (non-hydrogen) atoms. The van der Waals surface area contributed by atoms with Gasteiger partial charge in [-0.15, -0.1) is 0 Å². The Kier molecular flexibility index (Phi) is 3.17. The van der Waals surface area contributed by atoms with E-state index in [0.29, 0.717) is 18.9 Å². The van der Waals surface area contributed by atoms with Crippen LogP contribution in [0.3, 0.4) is 0 Å². The quantitative estimate of drug-likeness (QED) is 0.727. The highest BCUT2D eigenvalue weighted by molar-refractivity contribution is 5.42. The normalized spacial score (nSPS) is 9.54. The monoisotopic (exact) mass is 178 g/mol. The molecule has 0 saturated heterocycles. The largest absolute Gasteiger partial charge is 0.381 e. The second kappa shape index (κ2) is 4.38. The molecule has 0 fully saturated rings. The van der Waals surface area contributed by atoms with Gasteiger partial charge in [0, 0.05) is 6.61 Å². The minimum Gasteiger partial charge on any atom is -0.381 e. The van der Waals surface area contributed by atoms with Gasteiger partial charge in [0.15, 0.2) is 11.5 Å². The Bertz CT molecular complexity index is 331. The topological polar surface area (TPSA) is 84.8 Å². The minimum absolute atomic E-state index is 0.150. The number of hydrogen-bond acceptors (Lipinski definition) is 5. The average Bonchev–Trinajstić information content (AvgIpc) is 2.16. The van der Waals surface area contributed by atoms with Gasteiger partial charge in [-0.25, -0.2) is 9.97 Å². The van der Waals surface area contributed by atoms with Crippen LogP contribution in [-0.4, -0.2) is 16.6 Å². The van der Waals surface area contributed by atoms with Crippen molar-refractivity contribution in [2.45, 2.75) is 13.5 Å². The number of nitrogens with two attached hydrogens (primary N) is 1. The molecule has 0 aromatic carbocycles. The number of nitriles is 1. The lowest BCUT2D eigenvalue weighted by Crippen LogP contribution is -2.02. The number of ether oxygens (including phenoxy) is 1. The summed E-state index contributed by atoms with van der Waals surface area (Å²) in [7, 11) is 0. The minimum atomic E-state index is 0.150. The fourth-order valence-electron chi connectivity index (χ4n) is 0.793. The van der Waals surface area contributed by atoms with E-state index in [9.17, 15) is 0 Å². The van der Waals surface area contributed by atoms with Crippen molar-refractivity contribution in [2.75, 3.05) is 12.3 Å². The summed E-state index contributed by atoms with van der Waals surface area (Å²) in [6.45, 7) is 2.85. The van der Waals surface area contributed by atoms with Crippen LogP contribution in [0.15, 0.2) is 6.20 Å². The van der Waals surface area contributed by atoms with Crippen molar-refractivity contribution in [3.05, 3.63) is 17.6 Å². The van der Waals surface area contributed by atoms with E-state index >= 15 is 0 Å². The molecule has 1 aromatic rings. The lowest BCUT2D eigenvalue weighted by molar-refractivity contribution is 0.131. The molecule has 2 N–H and O–H groups in total. The van der Waals surface area contributed by atoms with Crippen molar-refractivity contribution in [3.63, 3.8) is 0 Å². The first-order valence-electron chi connectivity index (χ1n) is 3.87. The molecular weight excluding hydrogens is 168 g/mol. The zero-order chi connectivity index (χ0) is 9.68. The maximum Gasteiger partial charge on any atom is 0.183 e. The fourth-order valence-corrected chi connectivity index (χ4v) is 0.793. The number of nitrogen functional groups attached to an aromatic ring is 1. The van der Waals surface area contributed by atoms with Crippen molar-refractivity contribution in [2.24, 2.45) is 0 Å². The first-order chi connectivity index (χ1) is 6.27. The Morgan fingerprint density at radius 3 is 3.08 bits per heavy atom. The molecule has 0 amide bonds. The van der Waals surface area contributed by atoms with Crippen molar-refractivity contribution >= 4 is 5.82 Å². The SMILES string of the molecule is CCOCc1cnc(N)c(C#N)n1. The molecule has 0 aliphatic rings. The number of nitrogens with zero attached hydrogens (tertiary/aromatic N) is 3. The van der Waals surface area contributed by atoms with Crippen LogP contribution in [0.1, 0.15) is 18.3 Å². The number of anilines is 1. The third-order valence-electron chi connectivity index (χ3n) is 1.41. The molecule has 0 atom stereocenters. The van der Waals surface area contributed by atoms with E-state index in [-0.39, 0.29) is 11.5 Å². The summed E-state index contributed by atoms with van der Waals surface area (Å²) in [6, 6.07) is 1.86. The van der Waals surface area contributed by atoms with Gasteiger partial charge in [-0.2, -0.15) is 5.26 Å². The number of rotatable bonds is 3. The zero-order valence-electron chi connectivity index (χ0n) is 7.32. The lowest BCUT2D eigenvalue weighted by Gasteiger charge is -2.01. The van der Waals surface area contributed by atoms with Gasteiger partial charge in [-0.1, -0.05) is 0 Å². The van der Waals surface area contributed by atoms with Crippen LogP contribution in [0.25, 0.3) is 0 Å². The molecule has 1 rings (SSSR count). The molecular formula is C8H10N4O. The predicted molar refractivity (Wildman–Crippen MR) is 46.5 cm³/mol. The second-order valence-electron chi connectivity index (χ2n) is 2.34. The van der Waals surface area contributed by atoms with E-state index < -0.39 is 0 Å². The zero-order valence-corrected chi connectivity index (χ0v) is 7.32. The van der Waals surface area contributed by atoms with E-state index in [1.54, 1.807) is 0 Å². The predicted octanol–water partition coefficient (Wildman–Crippen LogP) is 0.467. The first-order valence-corrected chi connectivity index (χ1v) is 3.87. The molecule has 0 spiro atoms. The van der Waals surface area contributed by atoms with Crippen LogP contribution in [0.2, 0.25) is 0 Å². The molecule has 0 radical (unpaired) electrons. The molecule has 0 unspecified atom stereocenters. The first kappa shape index (κ1) is 9.42. The molecule has 5 nitrogen and oxygen atoms in total. The van der Waals surface area contributed by atoms with Crippen molar-refractivity contribution < 1.29 is 4.74 Å². The fraction of sp³-hybridized carbons (Fsp3) is 0.375. The van der Waals surface area contributed by atoms with E-state index in [0.717, 1.165) is 0 Å². The van der Waals surface area contributed by atoms with Crippen molar-refractivity contribution in [1.82, 2.24) is 9.97 Å².